The highest BCUT2D eigenvalue weighted by atomic mass is 19.2. The first kappa shape index (κ1) is 15.8. The van der Waals surface area contributed by atoms with Crippen LogP contribution in [0, 0.1) is 17.5 Å². The number of carbonyl (C=O) groups excluding carboxylic acids is 2. The van der Waals surface area contributed by atoms with Crippen LogP contribution in [0.1, 0.15) is 5.56 Å². The van der Waals surface area contributed by atoms with Crippen LogP contribution in [0.4, 0.5) is 18.0 Å². The molecule has 124 valence electrons. The van der Waals surface area contributed by atoms with Crippen LogP contribution in [-0.2, 0) is 16.9 Å². The van der Waals surface area contributed by atoms with Gasteiger partial charge in [0.1, 0.15) is 0 Å². The molecule has 24 heavy (non-hydrogen) atoms. The molecule has 0 spiro atoms. The van der Waals surface area contributed by atoms with Crippen molar-refractivity contribution in [2.75, 3.05) is 0 Å². The molecule has 1 atom stereocenters. The predicted molar refractivity (Wildman–Crippen MR) is 75.4 cm³/mol. The Morgan fingerprint density at radius 2 is 1.75 bits per heavy atom. The van der Waals surface area contributed by atoms with Gasteiger partial charge in [-0.2, -0.15) is 0 Å². The number of benzene rings is 1. The molecule has 1 unspecified atom stereocenters. The Kier molecular flexibility index (Phi) is 3.63. The molecule has 9 heteroatoms. The Morgan fingerprint density at radius 1 is 1.00 bits per heavy atom. The molecular weight excluding hydrogens is 327 g/mol. The highest BCUT2D eigenvalue weighted by Gasteiger charge is 2.48. The molecule has 0 aliphatic carbocycles. The summed E-state index contributed by atoms with van der Waals surface area (Å²) in [6, 6.07) is 3.95. The maximum atomic E-state index is 13.6. The van der Waals surface area contributed by atoms with Crippen molar-refractivity contribution in [2.45, 2.75) is 12.1 Å². The van der Waals surface area contributed by atoms with E-state index < -0.39 is 47.0 Å². The van der Waals surface area contributed by atoms with Crippen molar-refractivity contribution in [1.82, 2.24) is 15.2 Å². The molecule has 2 aromatic rings. The molecule has 0 saturated carbocycles. The minimum Gasteiger partial charge on any atom is -0.318 e. The Balaban J connectivity index is 2.15. The van der Waals surface area contributed by atoms with E-state index in [1.807, 2.05) is 5.32 Å². The van der Waals surface area contributed by atoms with E-state index in [1.54, 1.807) is 0 Å². The third-order valence-corrected chi connectivity index (χ3v) is 3.74. The first-order valence-electron chi connectivity index (χ1n) is 6.77. The number of imide groups is 1. The predicted octanol–water partition coefficient (Wildman–Crippen LogP) is 1.00. The minimum absolute atomic E-state index is 0.0825. The Hall–Kier alpha value is -3.10. The summed E-state index contributed by atoms with van der Waals surface area (Å²) in [5.74, 6) is -4.29. The van der Waals surface area contributed by atoms with Gasteiger partial charge in [-0.05, 0) is 29.8 Å². The van der Waals surface area contributed by atoms with Crippen molar-refractivity contribution in [1.29, 1.82) is 0 Å². The van der Waals surface area contributed by atoms with Crippen LogP contribution in [0.5, 0.6) is 0 Å². The molecule has 0 radical (unpaired) electrons. The molecule has 1 aliphatic rings. The van der Waals surface area contributed by atoms with Gasteiger partial charge in [0.05, 0.1) is 6.54 Å². The molecule has 1 aromatic heterocycles. The van der Waals surface area contributed by atoms with Crippen LogP contribution in [0.3, 0.4) is 0 Å². The Bertz CT molecular complexity index is 912. The second-order valence-electron chi connectivity index (χ2n) is 5.23. The molecular formula is C15H10F3N3O3. The SMILES string of the molecule is O=C1NC(=O)C(Cn2cccc(F)c2=O)(c2ccc(F)c(F)c2)N1. The lowest BCUT2D eigenvalue weighted by Crippen LogP contribution is -2.49. The van der Waals surface area contributed by atoms with Crippen molar-refractivity contribution in [3.63, 3.8) is 0 Å². The average molecular weight is 337 g/mol. The van der Waals surface area contributed by atoms with E-state index in [-0.39, 0.29) is 5.56 Å². The molecule has 0 bridgehead atoms. The fourth-order valence-electron chi connectivity index (χ4n) is 2.55. The fraction of sp³-hybridized carbons (Fsp3) is 0.133. The van der Waals surface area contributed by atoms with Gasteiger partial charge < -0.3 is 9.88 Å². The highest BCUT2D eigenvalue weighted by molar-refractivity contribution is 6.07. The number of pyridine rings is 1. The number of nitrogens with one attached hydrogen (secondary N) is 2. The van der Waals surface area contributed by atoms with Gasteiger partial charge in [-0.15, -0.1) is 0 Å². The van der Waals surface area contributed by atoms with Crippen LogP contribution in [0.15, 0.2) is 41.3 Å². The van der Waals surface area contributed by atoms with Gasteiger partial charge in [0.15, 0.2) is 23.0 Å². The van der Waals surface area contributed by atoms with Crippen LogP contribution in [-0.4, -0.2) is 16.5 Å². The summed E-state index contributed by atoms with van der Waals surface area (Å²) >= 11 is 0. The molecule has 1 aliphatic heterocycles. The number of rotatable bonds is 3. The first-order chi connectivity index (χ1) is 11.3. The summed E-state index contributed by atoms with van der Waals surface area (Å²) in [6.07, 6.45) is 1.21. The zero-order valence-electron chi connectivity index (χ0n) is 12.0. The summed E-state index contributed by atoms with van der Waals surface area (Å²) in [5, 5.41) is 4.28. The molecule has 1 saturated heterocycles. The quantitative estimate of drug-likeness (QED) is 0.820. The maximum Gasteiger partial charge on any atom is 0.322 e. The number of nitrogens with zero attached hydrogens (tertiary/aromatic N) is 1. The van der Waals surface area contributed by atoms with Crippen molar-refractivity contribution in [2.24, 2.45) is 0 Å². The molecule has 3 amide bonds. The van der Waals surface area contributed by atoms with Crippen molar-refractivity contribution in [3.8, 4) is 0 Å². The molecule has 1 aromatic carbocycles. The first-order valence-corrected chi connectivity index (χ1v) is 6.77. The molecule has 2 N–H and O–H groups in total. The summed E-state index contributed by atoms with van der Waals surface area (Å²) < 4.78 is 41.0. The number of carbonyl (C=O) groups is 2. The van der Waals surface area contributed by atoms with Gasteiger partial charge >= 0.3 is 6.03 Å². The number of aromatic nitrogens is 1. The van der Waals surface area contributed by atoms with Crippen molar-refractivity contribution < 1.29 is 22.8 Å². The van der Waals surface area contributed by atoms with Gasteiger partial charge in [0.25, 0.3) is 11.5 Å². The van der Waals surface area contributed by atoms with E-state index >= 15 is 0 Å². The maximum absolute atomic E-state index is 13.6. The Labute approximate surface area is 132 Å². The summed E-state index contributed by atoms with van der Waals surface area (Å²) in [7, 11) is 0. The third-order valence-electron chi connectivity index (χ3n) is 3.74. The van der Waals surface area contributed by atoms with E-state index in [0.29, 0.717) is 0 Å². The lowest BCUT2D eigenvalue weighted by atomic mass is 9.89. The van der Waals surface area contributed by atoms with Gasteiger partial charge in [-0.3, -0.25) is 14.9 Å². The standard InChI is InChI=1S/C15H10F3N3O3/c16-9-4-3-8(6-11(9)18)15(13(23)19-14(24)20-15)7-21-5-1-2-10(17)12(21)22/h1-6H,7H2,(H2,19,20,23,24). The zero-order chi connectivity index (χ0) is 17.5. The van der Waals surface area contributed by atoms with Crippen LogP contribution < -0.4 is 16.2 Å². The molecule has 2 heterocycles. The fourth-order valence-corrected chi connectivity index (χ4v) is 2.55. The van der Waals surface area contributed by atoms with Crippen LogP contribution in [0.2, 0.25) is 0 Å². The second-order valence-corrected chi connectivity index (χ2v) is 5.23. The van der Waals surface area contributed by atoms with E-state index in [4.69, 9.17) is 0 Å². The van der Waals surface area contributed by atoms with E-state index in [9.17, 15) is 27.6 Å². The monoisotopic (exact) mass is 337 g/mol. The van der Waals surface area contributed by atoms with E-state index in [1.165, 1.54) is 12.3 Å². The largest absolute Gasteiger partial charge is 0.322 e. The van der Waals surface area contributed by atoms with Gasteiger partial charge in [-0.1, -0.05) is 6.07 Å². The van der Waals surface area contributed by atoms with E-state index in [2.05, 4.69) is 5.32 Å². The summed E-state index contributed by atoms with van der Waals surface area (Å²) in [4.78, 5) is 35.7. The minimum atomic E-state index is -1.87. The zero-order valence-corrected chi connectivity index (χ0v) is 12.0. The van der Waals surface area contributed by atoms with Crippen molar-refractivity contribution in [3.05, 3.63) is 69.9 Å². The number of hydrogen-bond acceptors (Lipinski definition) is 3. The Morgan fingerprint density at radius 3 is 2.38 bits per heavy atom. The molecule has 6 nitrogen and oxygen atoms in total. The van der Waals surface area contributed by atoms with Gasteiger partial charge in [-0.25, -0.2) is 18.0 Å². The topological polar surface area (TPSA) is 80.2 Å². The second kappa shape index (κ2) is 5.52. The molecule has 1 fully saturated rings. The smallest absolute Gasteiger partial charge is 0.318 e. The lowest BCUT2D eigenvalue weighted by Gasteiger charge is -2.27. The average Bonchev–Trinajstić information content (AvgIpc) is 2.81. The van der Waals surface area contributed by atoms with Crippen molar-refractivity contribution >= 4 is 11.9 Å². The van der Waals surface area contributed by atoms with Crippen LogP contribution in [0.25, 0.3) is 0 Å². The number of urea groups is 1. The number of hydrogen-bond donors (Lipinski definition) is 2. The summed E-state index contributed by atoms with van der Waals surface area (Å²) in [6.45, 7) is -0.494. The number of amides is 3. The van der Waals surface area contributed by atoms with Gasteiger partial charge in [0, 0.05) is 6.20 Å². The molecule has 3 rings (SSSR count). The summed E-state index contributed by atoms with van der Waals surface area (Å²) in [5.41, 5.74) is -2.97. The number of halogens is 3. The highest BCUT2D eigenvalue weighted by Crippen LogP contribution is 2.28. The van der Waals surface area contributed by atoms with Crippen LogP contribution >= 0.6 is 0 Å². The van der Waals surface area contributed by atoms with E-state index in [0.717, 1.165) is 28.8 Å². The normalized spacial score (nSPS) is 20.0. The lowest BCUT2D eigenvalue weighted by molar-refractivity contribution is -0.124. The van der Waals surface area contributed by atoms with Gasteiger partial charge in [0.2, 0.25) is 0 Å². The third kappa shape index (κ3) is 2.43.